The third kappa shape index (κ3) is 4.99. The Morgan fingerprint density at radius 2 is 2.17 bits per heavy atom. The minimum absolute atomic E-state index is 0. The van der Waals surface area contributed by atoms with Gasteiger partial charge in [0.1, 0.15) is 5.75 Å². The van der Waals surface area contributed by atoms with Gasteiger partial charge in [-0.1, -0.05) is 18.2 Å². The molecule has 2 heterocycles. The summed E-state index contributed by atoms with van der Waals surface area (Å²) in [7, 11) is 1.81. The van der Waals surface area contributed by atoms with Crippen LogP contribution in [0, 0.1) is 6.92 Å². The van der Waals surface area contributed by atoms with E-state index >= 15 is 0 Å². The number of aryl methyl sites for hydroxylation is 1. The van der Waals surface area contributed by atoms with Crippen LogP contribution in [-0.4, -0.2) is 44.4 Å². The Hall–Kier alpha value is -1.02. The van der Waals surface area contributed by atoms with Gasteiger partial charge in [-0.3, -0.25) is 4.99 Å². The first-order valence-corrected chi connectivity index (χ1v) is 8.57. The quantitative estimate of drug-likeness (QED) is 0.306. The van der Waals surface area contributed by atoms with E-state index in [4.69, 9.17) is 9.47 Å². The number of para-hydroxylation sites is 1. The van der Waals surface area contributed by atoms with E-state index in [0.717, 1.165) is 31.1 Å². The Labute approximate surface area is 161 Å². The van der Waals surface area contributed by atoms with Crippen molar-refractivity contribution in [3.05, 3.63) is 29.8 Å². The van der Waals surface area contributed by atoms with Crippen LogP contribution in [-0.2, 0) is 4.74 Å². The normalized spacial score (nSPS) is 25.2. The number of hydrogen-bond donors (Lipinski definition) is 2. The molecule has 5 nitrogen and oxygen atoms in total. The number of ether oxygens (including phenoxy) is 2. The minimum atomic E-state index is 0. The van der Waals surface area contributed by atoms with Crippen molar-refractivity contribution < 1.29 is 9.47 Å². The van der Waals surface area contributed by atoms with E-state index in [0.29, 0.717) is 24.9 Å². The molecule has 1 aromatic carbocycles. The Morgan fingerprint density at radius 3 is 2.83 bits per heavy atom. The van der Waals surface area contributed by atoms with E-state index < -0.39 is 0 Å². The third-order valence-corrected chi connectivity index (χ3v) is 4.62. The molecule has 0 radical (unpaired) electrons. The molecule has 3 unspecified atom stereocenters. The predicted molar refractivity (Wildman–Crippen MR) is 108 cm³/mol. The molecule has 2 fully saturated rings. The zero-order valence-electron chi connectivity index (χ0n) is 14.5. The second kappa shape index (κ2) is 9.46. The Kier molecular flexibility index (Phi) is 7.61. The Bertz CT molecular complexity index is 553. The highest BCUT2D eigenvalue weighted by Crippen LogP contribution is 2.34. The number of fused-ring (bicyclic) bond motifs is 2. The molecule has 2 N–H and O–H groups in total. The molecule has 3 atom stereocenters. The summed E-state index contributed by atoms with van der Waals surface area (Å²) in [5, 5.41) is 6.85. The van der Waals surface area contributed by atoms with Crippen LogP contribution in [0.25, 0.3) is 0 Å². The minimum Gasteiger partial charge on any atom is -0.493 e. The lowest BCUT2D eigenvalue weighted by Crippen LogP contribution is -2.47. The van der Waals surface area contributed by atoms with E-state index in [1.165, 1.54) is 18.4 Å². The molecule has 2 bridgehead atoms. The van der Waals surface area contributed by atoms with Gasteiger partial charge < -0.3 is 20.1 Å². The number of nitrogens with one attached hydrogen (secondary N) is 2. The van der Waals surface area contributed by atoms with Gasteiger partial charge in [-0.25, -0.2) is 0 Å². The fourth-order valence-electron chi connectivity index (χ4n) is 3.34. The summed E-state index contributed by atoms with van der Waals surface area (Å²) in [6, 6.07) is 8.51. The maximum absolute atomic E-state index is 5.87. The summed E-state index contributed by atoms with van der Waals surface area (Å²) in [6.45, 7) is 3.61. The molecule has 24 heavy (non-hydrogen) atoms. The van der Waals surface area contributed by atoms with Crippen molar-refractivity contribution in [2.24, 2.45) is 4.99 Å². The molecule has 2 aliphatic heterocycles. The Morgan fingerprint density at radius 1 is 1.33 bits per heavy atom. The van der Waals surface area contributed by atoms with Crippen molar-refractivity contribution in [1.29, 1.82) is 0 Å². The average molecular weight is 445 g/mol. The summed E-state index contributed by atoms with van der Waals surface area (Å²) >= 11 is 0. The van der Waals surface area contributed by atoms with Crippen LogP contribution in [0.3, 0.4) is 0 Å². The molecule has 0 amide bonds. The lowest BCUT2D eigenvalue weighted by Gasteiger charge is -2.22. The highest BCUT2D eigenvalue weighted by atomic mass is 127. The number of halogens is 1. The summed E-state index contributed by atoms with van der Waals surface area (Å²) in [5.74, 6) is 1.83. The molecule has 134 valence electrons. The van der Waals surface area contributed by atoms with Crippen LogP contribution in [0.2, 0.25) is 0 Å². The number of benzene rings is 1. The van der Waals surface area contributed by atoms with E-state index in [1.54, 1.807) is 0 Å². The monoisotopic (exact) mass is 445 g/mol. The van der Waals surface area contributed by atoms with Gasteiger partial charge in [0, 0.05) is 13.6 Å². The zero-order valence-corrected chi connectivity index (χ0v) is 16.8. The summed E-state index contributed by atoms with van der Waals surface area (Å²) in [5.41, 5.74) is 1.18. The highest BCUT2D eigenvalue weighted by molar-refractivity contribution is 14.0. The smallest absolute Gasteiger partial charge is 0.191 e. The molecular formula is C18H28IN3O2. The number of aliphatic imine (C=N–C) groups is 1. The van der Waals surface area contributed by atoms with Crippen molar-refractivity contribution in [3.63, 3.8) is 0 Å². The van der Waals surface area contributed by atoms with E-state index in [9.17, 15) is 0 Å². The fraction of sp³-hybridized carbons (Fsp3) is 0.611. The molecule has 3 rings (SSSR count). The van der Waals surface area contributed by atoms with Crippen LogP contribution < -0.4 is 15.4 Å². The first-order chi connectivity index (χ1) is 11.3. The summed E-state index contributed by atoms with van der Waals surface area (Å²) in [6.07, 6.45) is 5.24. The van der Waals surface area contributed by atoms with E-state index in [2.05, 4.69) is 28.6 Å². The number of rotatable bonds is 6. The van der Waals surface area contributed by atoms with Crippen LogP contribution in [0.5, 0.6) is 5.75 Å². The SMILES string of the molecule is CN=C(NCCCOc1ccccc1C)NC1CC2CCC1O2.I. The average Bonchev–Trinajstić information content (AvgIpc) is 3.18. The topological polar surface area (TPSA) is 54.9 Å². The van der Waals surface area contributed by atoms with Gasteiger partial charge in [0.2, 0.25) is 0 Å². The maximum Gasteiger partial charge on any atom is 0.191 e. The molecular weight excluding hydrogens is 417 g/mol. The van der Waals surface area contributed by atoms with Gasteiger partial charge in [-0.05, 0) is 44.2 Å². The molecule has 0 aliphatic carbocycles. The number of hydrogen-bond acceptors (Lipinski definition) is 3. The van der Waals surface area contributed by atoms with Gasteiger partial charge in [-0.2, -0.15) is 0 Å². The van der Waals surface area contributed by atoms with Crippen molar-refractivity contribution >= 4 is 29.9 Å². The summed E-state index contributed by atoms with van der Waals surface area (Å²) < 4.78 is 11.7. The van der Waals surface area contributed by atoms with Crippen LogP contribution in [0.4, 0.5) is 0 Å². The molecule has 0 aromatic heterocycles. The maximum atomic E-state index is 5.87. The molecule has 6 heteroatoms. The number of nitrogens with zero attached hydrogens (tertiary/aromatic N) is 1. The molecule has 0 spiro atoms. The van der Waals surface area contributed by atoms with Crippen molar-refractivity contribution in [2.75, 3.05) is 20.2 Å². The van der Waals surface area contributed by atoms with E-state index in [1.807, 2.05) is 25.2 Å². The van der Waals surface area contributed by atoms with Gasteiger partial charge in [0.15, 0.2) is 5.96 Å². The second-order valence-corrected chi connectivity index (χ2v) is 6.33. The zero-order chi connectivity index (χ0) is 16.1. The lowest BCUT2D eigenvalue weighted by atomic mass is 9.96. The summed E-state index contributed by atoms with van der Waals surface area (Å²) in [4.78, 5) is 4.30. The van der Waals surface area contributed by atoms with Crippen molar-refractivity contribution in [2.45, 2.75) is 50.9 Å². The van der Waals surface area contributed by atoms with Crippen LogP contribution in [0.15, 0.2) is 29.3 Å². The first-order valence-electron chi connectivity index (χ1n) is 8.57. The standard InChI is InChI=1S/C18H27N3O2.HI/c1-13-6-3-4-7-16(13)22-11-5-10-20-18(19-2)21-15-12-14-8-9-17(15)23-14;/h3-4,6-7,14-15,17H,5,8-12H2,1-2H3,(H2,19,20,21);1H. The molecule has 2 aliphatic rings. The van der Waals surface area contributed by atoms with Crippen LogP contribution in [0.1, 0.15) is 31.2 Å². The molecule has 0 saturated carbocycles. The largest absolute Gasteiger partial charge is 0.493 e. The lowest BCUT2D eigenvalue weighted by molar-refractivity contribution is 0.0992. The Balaban J connectivity index is 0.00000208. The second-order valence-electron chi connectivity index (χ2n) is 6.33. The fourth-order valence-corrected chi connectivity index (χ4v) is 3.34. The van der Waals surface area contributed by atoms with Crippen molar-refractivity contribution in [1.82, 2.24) is 10.6 Å². The predicted octanol–water partition coefficient (Wildman–Crippen LogP) is 2.87. The molecule has 2 saturated heterocycles. The highest BCUT2D eigenvalue weighted by Gasteiger charge is 2.41. The third-order valence-electron chi connectivity index (χ3n) is 4.62. The van der Waals surface area contributed by atoms with Gasteiger partial charge in [0.05, 0.1) is 24.9 Å². The van der Waals surface area contributed by atoms with Crippen molar-refractivity contribution in [3.8, 4) is 5.75 Å². The number of guanidine groups is 1. The van der Waals surface area contributed by atoms with Gasteiger partial charge in [-0.15, -0.1) is 24.0 Å². The van der Waals surface area contributed by atoms with Gasteiger partial charge >= 0.3 is 0 Å². The first kappa shape index (κ1) is 19.3. The van der Waals surface area contributed by atoms with Crippen LogP contribution >= 0.6 is 24.0 Å². The van der Waals surface area contributed by atoms with E-state index in [-0.39, 0.29) is 24.0 Å². The molecule has 1 aromatic rings. The van der Waals surface area contributed by atoms with Gasteiger partial charge in [0.25, 0.3) is 0 Å².